The number of aryl methyl sites for hydroxylation is 1. The van der Waals surface area contributed by atoms with Gasteiger partial charge >= 0.3 is 0 Å². The molecule has 3 aromatic rings. The third-order valence-corrected chi connectivity index (χ3v) is 8.38. The quantitative estimate of drug-likeness (QED) is 0.321. The Morgan fingerprint density at radius 2 is 1.51 bits per heavy atom. The molecule has 0 fully saturated rings. The van der Waals surface area contributed by atoms with Crippen molar-refractivity contribution in [2.45, 2.75) is 45.2 Å². The molecule has 41 heavy (non-hydrogen) atoms. The fourth-order valence-corrected chi connectivity index (χ4v) is 5.57. The van der Waals surface area contributed by atoms with Crippen LogP contribution in [-0.4, -0.2) is 58.5 Å². The molecular formula is C31H39N3O6S. The van der Waals surface area contributed by atoms with Gasteiger partial charge in [0.25, 0.3) is 10.0 Å². The summed E-state index contributed by atoms with van der Waals surface area (Å²) in [4.78, 5) is 28.5. The van der Waals surface area contributed by atoms with Crippen molar-refractivity contribution >= 4 is 27.5 Å². The summed E-state index contributed by atoms with van der Waals surface area (Å²) in [5.41, 5.74) is 1.92. The molecule has 0 aliphatic carbocycles. The van der Waals surface area contributed by atoms with Gasteiger partial charge in [0, 0.05) is 19.2 Å². The Balaban J connectivity index is 2.06. The molecule has 0 aliphatic rings. The molecule has 0 aliphatic heterocycles. The van der Waals surface area contributed by atoms with E-state index in [4.69, 9.17) is 9.47 Å². The number of hydrogen-bond donors (Lipinski definition) is 1. The topological polar surface area (TPSA) is 105 Å². The van der Waals surface area contributed by atoms with E-state index in [0.29, 0.717) is 18.0 Å². The molecular weight excluding hydrogens is 542 g/mol. The zero-order valence-electron chi connectivity index (χ0n) is 24.5. The van der Waals surface area contributed by atoms with Crippen LogP contribution in [0, 0.1) is 12.8 Å². The van der Waals surface area contributed by atoms with Crippen LogP contribution < -0.4 is 19.1 Å². The van der Waals surface area contributed by atoms with Crippen LogP contribution in [0.25, 0.3) is 0 Å². The number of hydrogen-bond acceptors (Lipinski definition) is 6. The summed E-state index contributed by atoms with van der Waals surface area (Å²) in [7, 11) is -1.27. The van der Waals surface area contributed by atoms with Crippen molar-refractivity contribution in [3.05, 3.63) is 83.9 Å². The van der Waals surface area contributed by atoms with Gasteiger partial charge in [-0.1, -0.05) is 61.9 Å². The van der Waals surface area contributed by atoms with E-state index in [1.165, 1.54) is 37.3 Å². The van der Waals surface area contributed by atoms with Gasteiger partial charge in [-0.25, -0.2) is 8.42 Å². The first-order valence-electron chi connectivity index (χ1n) is 13.4. The van der Waals surface area contributed by atoms with Crippen molar-refractivity contribution in [1.82, 2.24) is 10.2 Å². The van der Waals surface area contributed by atoms with Crippen LogP contribution in [-0.2, 0) is 26.2 Å². The minimum atomic E-state index is -4.20. The summed E-state index contributed by atoms with van der Waals surface area (Å²) in [6, 6.07) is 19.5. The average molecular weight is 582 g/mol. The molecule has 2 amide bonds. The van der Waals surface area contributed by atoms with E-state index in [1.807, 2.05) is 51.1 Å². The predicted octanol–water partition coefficient (Wildman–Crippen LogP) is 4.40. The fraction of sp³-hybridized carbons (Fsp3) is 0.355. The molecule has 1 atom stereocenters. The maximum Gasteiger partial charge on any atom is 0.264 e. The van der Waals surface area contributed by atoms with E-state index < -0.39 is 28.5 Å². The number of carbonyl (C=O) groups excluding carboxylic acids is 2. The molecule has 10 heteroatoms. The molecule has 3 rings (SSSR count). The Kier molecular flexibility index (Phi) is 10.8. The smallest absolute Gasteiger partial charge is 0.264 e. The Morgan fingerprint density at radius 3 is 2.10 bits per heavy atom. The summed E-state index contributed by atoms with van der Waals surface area (Å²) in [6.07, 6.45) is 0. The van der Waals surface area contributed by atoms with E-state index in [9.17, 15) is 18.0 Å². The number of methoxy groups -OCH3 is 2. The lowest BCUT2D eigenvalue weighted by atomic mass is 10.1. The van der Waals surface area contributed by atoms with Crippen LogP contribution in [0.2, 0.25) is 0 Å². The molecule has 1 N–H and O–H groups in total. The number of ether oxygens (including phenoxy) is 2. The number of amides is 2. The maximum atomic E-state index is 14.0. The van der Waals surface area contributed by atoms with Gasteiger partial charge in [0.2, 0.25) is 11.8 Å². The van der Waals surface area contributed by atoms with Crippen molar-refractivity contribution < 1.29 is 27.5 Å². The van der Waals surface area contributed by atoms with Crippen LogP contribution in [0.4, 0.5) is 5.69 Å². The summed E-state index contributed by atoms with van der Waals surface area (Å²) < 4.78 is 39.8. The van der Waals surface area contributed by atoms with Crippen molar-refractivity contribution in [3.8, 4) is 11.5 Å². The molecule has 3 aromatic carbocycles. The molecule has 0 saturated heterocycles. The summed E-state index contributed by atoms with van der Waals surface area (Å²) in [5, 5.41) is 2.88. The standard InChI is InChI=1S/C31H39N3O6S/c1-22(2)19-32-31(36)24(4)33(20-25-10-8-7-9-11-25)30(35)21-34(26-14-17-28(39-5)29(18-26)40-6)41(37,38)27-15-12-23(3)13-16-27/h7-18,22,24H,19-21H2,1-6H3,(H,32,36). The summed E-state index contributed by atoms with van der Waals surface area (Å²) >= 11 is 0. The number of sulfonamides is 1. The first kappa shape index (κ1) is 31.5. The molecule has 9 nitrogen and oxygen atoms in total. The number of nitrogens with one attached hydrogen (secondary N) is 1. The van der Waals surface area contributed by atoms with Gasteiger partial charge in [-0.2, -0.15) is 0 Å². The second-order valence-electron chi connectivity index (χ2n) is 10.2. The lowest BCUT2D eigenvalue weighted by molar-refractivity contribution is -0.139. The van der Waals surface area contributed by atoms with Gasteiger partial charge in [-0.3, -0.25) is 13.9 Å². The normalized spacial score (nSPS) is 12.0. The van der Waals surface area contributed by atoms with E-state index in [0.717, 1.165) is 15.4 Å². The minimum Gasteiger partial charge on any atom is -0.493 e. The highest BCUT2D eigenvalue weighted by molar-refractivity contribution is 7.92. The van der Waals surface area contributed by atoms with Crippen LogP contribution in [0.15, 0.2) is 77.7 Å². The van der Waals surface area contributed by atoms with Gasteiger partial charge in [0.15, 0.2) is 11.5 Å². The van der Waals surface area contributed by atoms with Crippen molar-refractivity contribution in [2.24, 2.45) is 5.92 Å². The second kappa shape index (κ2) is 14.0. The summed E-state index contributed by atoms with van der Waals surface area (Å²) in [6.45, 7) is 7.51. The largest absolute Gasteiger partial charge is 0.493 e. The second-order valence-corrected chi connectivity index (χ2v) is 12.0. The van der Waals surface area contributed by atoms with E-state index in [-0.39, 0.29) is 29.0 Å². The van der Waals surface area contributed by atoms with Crippen LogP contribution in [0.1, 0.15) is 31.9 Å². The minimum absolute atomic E-state index is 0.0306. The number of benzene rings is 3. The third-order valence-electron chi connectivity index (χ3n) is 6.59. The van der Waals surface area contributed by atoms with Gasteiger partial charge in [0.05, 0.1) is 24.8 Å². The highest BCUT2D eigenvalue weighted by Crippen LogP contribution is 2.34. The zero-order chi connectivity index (χ0) is 30.2. The molecule has 0 saturated carbocycles. The van der Waals surface area contributed by atoms with Gasteiger partial charge in [0.1, 0.15) is 12.6 Å². The van der Waals surface area contributed by atoms with Crippen LogP contribution >= 0.6 is 0 Å². The van der Waals surface area contributed by atoms with Crippen LogP contribution in [0.3, 0.4) is 0 Å². The SMILES string of the molecule is COc1ccc(N(CC(=O)N(Cc2ccccc2)C(C)C(=O)NCC(C)C)S(=O)(=O)c2ccc(C)cc2)cc1OC. The summed E-state index contributed by atoms with van der Waals surface area (Å²) in [5.74, 6) is 0.0960. The highest BCUT2D eigenvalue weighted by atomic mass is 32.2. The Hall–Kier alpha value is -4.05. The third kappa shape index (κ3) is 8.00. The average Bonchev–Trinajstić information content (AvgIpc) is 2.97. The Morgan fingerprint density at radius 1 is 0.878 bits per heavy atom. The van der Waals surface area contributed by atoms with E-state index in [2.05, 4.69) is 5.32 Å². The molecule has 0 spiro atoms. The molecule has 1 unspecified atom stereocenters. The van der Waals surface area contributed by atoms with E-state index in [1.54, 1.807) is 31.2 Å². The monoisotopic (exact) mass is 581 g/mol. The maximum absolute atomic E-state index is 14.0. The van der Waals surface area contributed by atoms with Gasteiger partial charge in [-0.15, -0.1) is 0 Å². The lowest BCUT2D eigenvalue weighted by Crippen LogP contribution is -2.51. The highest BCUT2D eigenvalue weighted by Gasteiger charge is 2.33. The lowest BCUT2D eigenvalue weighted by Gasteiger charge is -2.32. The van der Waals surface area contributed by atoms with Crippen LogP contribution in [0.5, 0.6) is 11.5 Å². The molecule has 220 valence electrons. The fourth-order valence-electron chi connectivity index (χ4n) is 4.16. The number of anilines is 1. The number of nitrogens with zero attached hydrogens (tertiary/aromatic N) is 2. The van der Waals surface area contributed by atoms with Gasteiger partial charge < -0.3 is 19.7 Å². The molecule has 0 aromatic heterocycles. The predicted molar refractivity (Wildman–Crippen MR) is 160 cm³/mol. The van der Waals surface area contributed by atoms with Gasteiger partial charge in [-0.05, 0) is 49.6 Å². The number of carbonyl (C=O) groups is 2. The first-order chi connectivity index (χ1) is 19.5. The van der Waals surface area contributed by atoms with Crippen molar-refractivity contribution in [2.75, 3.05) is 31.6 Å². The zero-order valence-corrected chi connectivity index (χ0v) is 25.3. The number of rotatable bonds is 13. The van der Waals surface area contributed by atoms with Crippen molar-refractivity contribution in [3.63, 3.8) is 0 Å². The Labute approximate surface area is 243 Å². The first-order valence-corrected chi connectivity index (χ1v) is 14.8. The Bertz CT molecular complexity index is 1430. The van der Waals surface area contributed by atoms with E-state index >= 15 is 0 Å². The molecule has 0 radical (unpaired) electrons. The molecule has 0 bridgehead atoms. The molecule has 0 heterocycles. The van der Waals surface area contributed by atoms with Crippen molar-refractivity contribution in [1.29, 1.82) is 0 Å².